The number of hydrogen-bond donors (Lipinski definition) is 2. The summed E-state index contributed by atoms with van der Waals surface area (Å²) in [6.45, 7) is 7.60. The van der Waals surface area contributed by atoms with Gasteiger partial charge in [0, 0.05) is 52.5 Å². The second kappa shape index (κ2) is 15.9. The third-order valence-corrected chi connectivity index (χ3v) is 8.13. The van der Waals surface area contributed by atoms with Gasteiger partial charge in [0.15, 0.2) is 0 Å². The Balaban J connectivity index is 1.59. The smallest absolute Gasteiger partial charge is 0.408 e. The van der Waals surface area contributed by atoms with Crippen molar-refractivity contribution in [2.75, 3.05) is 33.3 Å². The van der Waals surface area contributed by atoms with Crippen LogP contribution in [0, 0.1) is 5.82 Å². The van der Waals surface area contributed by atoms with Crippen molar-refractivity contribution in [1.29, 1.82) is 0 Å². The van der Waals surface area contributed by atoms with Gasteiger partial charge in [0.1, 0.15) is 17.5 Å². The van der Waals surface area contributed by atoms with Gasteiger partial charge in [-0.1, -0.05) is 54.6 Å². The van der Waals surface area contributed by atoms with Gasteiger partial charge in [0.2, 0.25) is 11.8 Å². The van der Waals surface area contributed by atoms with E-state index in [4.69, 9.17) is 9.47 Å². The molecule has 4 rings (SSSR count). The van der Waals surface area contributed by atoms with Gasteiger partial charge in [-0.2, -0.15) is 0 Å². The molecule has 0 spiro atoms. The second-order valence-electron chi connectivity index (χ2n) is 12.9. The Bertz CT molecular complexity index is 1560. The van der Waals surface area contributed by atoms with Gasteiger partial charge in [0.25, 0.3) is 0 Å². The fourth-order valence-electron chi connectivity index (χ4n) is 5.89. The zero-order valence-electron chi connectivity index (χ0n) is 27.8. The normalized spacial score (nSPS) is 16.6. The van der Waals surface area contributed by atoms with Crippen LogP contribution in [-0.4, -0.2) is 90.7 Å². The Labute approximate surface area is 275 Å². The molecule has 1 aliphatic rings. The third kappa shape index (κ3) is 10.2. The second-order valence-corrected chi connectivity index (χ2v) is 12.9. The minimum Gasteiger partial charge on any atom is -0.466 e. The first-order valence-electron chi connectivity index (χ1n) is 15.9. The summed E-state index contributed by atoms with van der Waals surface area (Å²) in [6, 6.07) is 18.0. The van der Waals surface area contributed by atoms with Gasteiger partial charge < -0.3 is 25.0 Å². The Morgan fingerprint density at radius 3 is 2.28 bits per heavy atom. The molecule has 252 valence electrons. The van der Waals surface area contributed by atoms with E-state index in [-0.39, 0.29) is 31.4 Å². The Kier molecular flexibility index (Phi) is 11.9. The lowest BCUT2D eigenvalue weighted by Crippen LogP contribution is -2.63. The standard InChI is InChI=1S/C36H45FN4O6/c1-24(42)46-19-16-30-23-40(32(33(43)38-5)22-26-10-13-27-8-6-7-9-28(27)20-26)17-18-41(30)34(44)31(39-35(45)47-36(2,3)4)21-25-11-14-29(37)15-12-25/h6-15,20,30-32H,16-19,21-23H2,1-5H3,(H,38,43)(H,39,45). The molecule has 1 fully saturated rings. The number of piperazine rings is 1. The molecule has 0 radical (unpaired) electrons. The van der Waals surface area contributed by atoms with Crippen molar-refractivity contribution in [2.45, 2.75) is 70.7 Å². The number of hydrogen-bond acceptors (Lipinski definition) is 7. The van der Waals surface area contributed by atoms with Crippen molar-refractivity contribution in [3.63, 3.8) is 0 Å². The number of ether oxygens (including phenoxy) is 2. The number of nitrogens with zero attached hydrogens (tertiary/aromatic N) is 2. The molecule has 3 unspecified atom stereocenters. The van der Waals surface area contributed by atoms with E-state index in [1.165, 1.54) is 19.1 Å². The van der Waals surface area contributed by atoms with E-state index in [0.29, 0.717) is 31.5 Å². The summed E-state index contributed by atoms with van der Waals surface area (Å²) in [6.07, 6.45) is 0.150. The summed E-state index contributed by atoms with van der Waals surface area (Å²) < 4.78 is 24.4. The lowest BCUT2D eigenvalue weighted by Gasteiger charge is -2.45. The lowest BCUT2D eigenvalue weighted by molar-refractivity contribution is -0.143. The number of carbonyl (C=O) groups excluding carboxylic acids is 4. The van der Waals surface area contributed by atoms with E-state index in [1.807, 2.05) is 36.4 Å². The lowest BCUT2D eigenvalue weighted by atomic mass is 9.97. The van der Waals surface area contributed by atoms with E-state index in [9.17, 15) is 23.6 Å². The average Bonchev–Trinajstić information content (AvgIpc) is 3.02. The molecular weight excluding hydrogens is 603 g/mol. The predicted octanol–water partition coefficient (Wildman–Crippen LogP) is 4.24. The number of carbonyl (C=O) groups is 4. The minimum absolute atomic E-state index is 0.0784. The van der Waals surface area contributed by atoms with Crippen LogP contribution in [0.5, 0.6) is 0 Å². The maximum absolute atomic E-state index is 14.2. The average molecular weight is 649 g/mol. The Hall–Kier alpha value is -4.51. The highest BCUT2D eigenvalue weighted by molar-refractivity contribution is 5.87. The maximum Gasteiger partial charge on any atom is 0.408 e. The van der Waals surface area contributed by atoms with Crippen molar-refractivity contribution in [1.82, 2.24) is 20.4 Å². The number of nitrogens with one attached hydrogen (secondary N) is 2. The molecule has 1 saturated heterocycles. The molecule has 0 aliphatic carbocycles. The van der Waals surface area contributed by atoms with Crippen molar-refractivity contribution >= 4 is 34.6 Å². The molecule has 3 aromatic rings. The molecule has 3 aromatic carbocycles. The van der Waals surface area contributed by atoms with E-state index in [2.05, 4.69) is 21.6 Å². The van der Waals surface area contributed by atoms with Gasteiger partial charge in [-0.05, 0) is 61.2 Å². The van der Waals surface area contributed by atoms with Crippen molar-refractivity contribution < 1.29 is 33.0 Å². The molecule has 11 heteroatoms. The van der Waals surface area contributed by atoms with Crippen LogP contribution in [0.15, 0.2) is 66.7 Å². The van der Waals surface area contributed by atoms with Crippen LogP contribution in [-0.2, 0) is 36.7 Å². The van der Waals surface area contributed by atoms with Gasteiger partial charge in [0.05, 0.1) is 12.6 Å². The molecule has 1 aliphatic heterocycles. The highest BCUT2D eigenvalue weighted by Gasteiger charge is 2.38. The SMILES string of the molecule is CNC(=O)C(Cc1ccc2ccccc2c1)N1CCN(C(=O)C(Cc2ccc(F)cc2)NC(=O)OC(C)(C)C)C(CCOC(C)=O)C1. The van der Waals surface area contributed by atoms with Crippen LogP contribution in [0.4, 0.5) is 9.18 Å². The van der Waals surface area contributed by atoms with E-state index >= 15 is 0 Å². The monoisotopic (exact) mass is 648 g/mol. The van der Waals surface area contributed by atoms with Crippen LogP contribution in [0.1, 0.15) is 45.2 Å². The Morgan fingerprint density at radius 2 is 1.62 bits per heavy atom. The van der Waals surface area contributed by atoms with Gasteiger partial charge in [-0.25, -0.2) is 9.18 Å². The summed E-state index contributed by atoms with van der Waals surface area (Å²) in [5.41, 5.74) is 0.880. The van der Waals surface area contributed by atoms with Crippen LogP contribution >= 0.6 is 0 Å². The predicted molar refractivity (Wildman–Crippen MR) is 177 cm³/mol. The first-order chi connectivity index (χ1) is 22.3. The summed E-state index contributed by atoms with van der Waals surface area (Å²) in [5, 5.41) is 7.72. The van der Waals surface area contributed by atoms with Crippen LogP contribution < -0.4 is 10.6 Å². The summed E-state index contributed by atoms with van der Waals surface area (Å²) >= 11 is 0. The maximum atomic E-state index is 14.2. The number of halogens is 1. The molecule has 47 heavy (non-hydrogen) atoms. The summed E-state index contributed by atoms with van der Waals surface area (Å²) in [5.74, 6) is -1.33. The van der Waals surface area contributed by atoms with E-state index in [1.54, 1.807) is 44.9 Å². The molecule has 1 heterocycles. The first-order valence-corrected chi connectivity index (χ1v) is 15.9. The van der Waals surface area contributed by atoms with Crippen LogP contribution in [0.25, 0.3) is 10.8 Å². The zero-order valence-corrected chi connectivity index (χ0v) is 27.8. The quantitative estimate of drug-likeness (QED) is 0.299. The molecule has 2 N–H and O–H groups in total. The van der Waals surface area contributed by atoms with Crippen molar-refractivity contribution in [3.8, 4) is 0 Å². The zero-order chi connectivity index (χ0) is 34.1. The number of esters is 1. The topological polar surface area (TPSA) is 117 Å². The third-order valence-electron chi connectivity index (χ3n) is 8.13. The van der Waals surface area contributed by atoms with E-state index < -0.39 is 41.6 Å². The van der Waals surface area contributed by atoms with Gasteiger partial charge >= 0.3 is 12.1 Å². The molecule has 0 aromatic heterocycles. The fraction of sp³-hybridized carbons (Fsp3) is 0.444. The number of benzene rings is 3. The van der Waals surface area contributed by atoms with Gasteiger partial charge in [-0.3, -0.25) is 19.3 Å². The fourth-order valence-corrected chi connectivity index (χ4v) is 5.89. The molecular formula is C36H45FN4O6. The highest BCUT2D eigenvalue weighted by Crippen LogP contribution is 2.23. The number of rotatable bonds is 11. The molecule has 0 bridgehead atoms. The minimum atomic E-state index is -1.01. The highest BCUT2D eigenvalue weighted by atomic mass is 19.1. The number of alkyl carbamates (subject to hydrolysis) is 1. The number of amides is 3. The molecule has 0 saturated carbocycles. The molecule has 3 atom stereocenters. The molecule has 3 amide bonds. The van der Waals surface area contributed by atoms with Crippen molar-refractivity contribution in [2.24, 2.45) is 0 Å². The van der Waals surface area contributed by atoms with Crippen LogP contribution in [0.3, 0.4) is 0 Å². The molecule has 10 nitrogen and oxygen atoms in total. The van der Waals surface area contributed by atoms with E-state index in [0.717, 1.165) is 16.3 Å². The van der Waals surface area contributed by atoms with Gasteiger partial charge in [-0.15, -0.1) is 0 Å². The summed E-state index contributed by atoms with van der Waals surface area (Å²) in [4.78, 5) is 55.7. The van der Waals surface area contributed by atoms with Crippen LogP contribution in [0.2, 0.25) is 0 Å². The number of fused-ring (bicyclic) bond motifs is 1. The Morgan fingerprint density at radius 1 is 0.936 bits per heavy atom. The number of likely N-dealkylation sites (N-methyl/N-ethyl adjacent to an activating group) is 1. The first kappa shape index (κ1) is 35.3. The largest absolute Gasteiger partial charge is 0.466 e. The van der Waals surface area contributed by atoms with Crippen molar-refractivity contribution in [3.05, 3.63) is 83.7 Å². The summed E-state index contributed by atoms with van der Waals surface area (Å²) in [7, 11) is 1.61.